The molecule has 0 radical (unpaired) electrons. The Kier molecular flexibility index (Phi) is 5.50. The van der Waals surface area contributed by atoms with Crippen LogP contribution in [-0.4, -0.2) is 22.0 Å². The Morgan fingerprint density at radius 1 is 1.07 bits per heavy atom. The van der Waals surface area contributed by atoms with Crippen molar-refractivity contribution >= 4 is 39.0 Å². The zero-order valence-electron chi connectivity index (χ0n) is 17.4. The molecule has 30 heavy (non-hydrogen) atoms. The molecule has 0 amide bonds. The van der Waals surface area contributed by atoms with E-state index in [9.17, 15) is 4.79 Å². The van der Waals surface area contributed by atoms with Crippen LogP contribution in [0.4, 0.5) is 11.5 Å². The Hall–Kier alpha value is -3.25. The minimum atomic E-state index is -0.340. The summed E-state index contributed by atoms with van der Waals surface area (Å²) in [4.78, 5) is 22.1. The number of fused-ring (bicyclic) bond motifs is 1. The fourth-order valence-corrected chi connectivity index (χ4v) is 4.15. The van der Waals surface area contributed by atoms with E-state index < -0.39 is 0 Å². The average molecular weight is 418 g/mol. The number of ether oxygens (including phenoxy) is 1. The normalized spacial score (nSPS) is 11.1. The van der Waals surface area contributed by atoms with E-state index in [1.807, 2.05) is 26.0 Å². The maximum Gasteiger partial charge on any atom is 0.338 e. The Morgan fingerprint density at radius 3 is 2.67 bits per heavy atom. The molecule has 2 heterocycles. The van der Waals surface area contributed by atoms with Gasteiger partial charge in [0.05, 0.1) is 17.1 Å². The van der Waals surface area contributed by atoms with E-state index >= 15 is 0 Å². The number of nitrogens with one attached hydrogen (secondary N) is 1. The minimum Gasteiger partial charge on any atom is -0.459 e. The summed E-state index contributed by atoms with van der Waals surface area (Å²) in [5.41, 5.74) is 6.00. The highest BCUT2D eigenvalue weighted by atomic mass is 32.1. The third-order valence-corrected chi connectivity index (χ3v) is 5.78. The van der Waals surface area contributed by atoms with Crippen LogP contribution in [0.1, 0.15) is 35.3 Å². The summed E-state index contributed by atoms with van der Waals surface area (Å²) in [5.74, 6) is 0.372. The van der Waals surface area contributed by atoms with E-state index in [2.05, 4.69) is 52.7 Å². The van der Waals surface area contributed by atoms with Crippen molar-refractivity contribution in [3.63, 3.8) is 0 Å². The Bertz CT molecular complexity index is 1230. The summed E-state index contributed by atoms with van der Waals surface area (Å²) < 4.78 is 5.31. The second-order valence-electron chi connectivity index (χ2n) is 7.51. The van der Waals surface area contributed by atoms with Gasteiger partial charge in [-0.15, -0.1) is 11.3 Å². The zero-order valence-corrected chi connectivity index (χ0v) is 18.2. The van der Waals surface area contributed by atoms with Gasteiger partial charge in [0.1, 0.15) is 17.0 Å². The molecule has 152 valence electrons. The molecule has 2 aromatic heterocycles. The zero-order chi connectivity index (χ0) is 21.3. The van der Waals surface area contributed by atoms with Gasteiger partial charge in [-0.3, -0.25) is 0 Å². The van der Waals surface area contributed by atoms with Crippen LogP contribution in [0.2, 0.25) is 0 Å². The summed E-state index contributed by atoms with van der Waals surface area (Å²) in [5, 5.41) is 6.45. The molecule has 0 unspecified atom stereocenters. The quantitative estimate of drug-likeness (QED) is 0.387. The topological polar surface area (TPSA) is 64.1 Å². The number of benzene rings is 2. The van der Waals surface area contributed by atoms with Crippen LogP contribution in [0.3, 0.4) is 0 Å². The van der Waals surface area contributed by atoms with Crippen molar-refractivity contribution in [2.75, 3.05) is 5.32 Å². The first kappa shape index (κ1) is 20.0. The third kappa shape index (κ3) is 4.04. The first-order chi connectivity index (χ1) is 14.4. The second-order valence-corrected chi connectivity index (χ2v) is 8.37. The molecule has 0 aliphatic carbocycles. The molecule has 0 bridgehead atoms. The van der Waals surface area contributed by atoms with Gasteiger partial charge in [-0.05, 0) is 62.6 Å². The molecule has 6 heteroatoms. The van der Waals surface area contributed by atoms with Gasteiger partial charge in [0, 0.05) is 16.6 Å². The molecule has 4 aromatic rings. The monoisotopic (exact) mass is 417 g/mol. The van der Waals surface area contributed by atoms with Crippen LogP contribution >= 0.6 is 11.3 Å². The first-order valence-corrected chi connectivity index (χ1v) is 10.7. The number of rotatable bonds is 5. The number of esters is 1. The Labute approximate surface area is 179 Å². The summed E-state index contributed by atoms with van der Waals surface area (Å²) in [7, 11) is 0. The Balaban J connectivity index is 1.73. The van der Waals surface area contributed by atoms with Gasteiger partial charge in [0.2, 0.25) is 0 Å². The molecule has 0 fully saturated rings. The average Bonchev–Trinajstić information content (AvgIpc) is 3.15. The van der Waals surface area contributed by atoms with E-state index in [-0.39, 0.29) is 12.1 Å². The van der Waals surface area contributed by atoms with E-state index in [4.69, 9.17) is 4.74 Å². The number of hydrogen-bond donors (Lipinski definition) is 1. The maximum atomic E-state index is 12.3. The standard InChI is InChI=1S/C24H23N3O2S/c1-14(2)29-24(28)18-6-5-7-19(11-18)27-22-21-20(12-30-23(21)26-13-25-22)17-9-8-15(3)16(4)10-17/h5-14H,1-4H3,(H,25,26,27). The van der Waals surface area contributed by atoms with Crippen molar-refractivity contribution in [1.82, 2.24) is 9.97 Å². The lowest BCUT2D eigenvalue weighted by Crippen LogP contribution is -2.11. The summed E-state index contributed by atoms with van der Waals surface area (Å²) in [6.45, 7) is 7.90. The van der Waals surface area contributed by atoms with Gasteiger partial charge in [0.25, 0.3) is 0 Å². The minimum absolute atomic E-state index is 0.165. The van der Waals surface area contributed by atoms with Crippen molar-refractivity contribution in [2.24, 2.45) is 0 Å². The number of thiophene rings is 1. The van der Waals surface area contributed by atoms with Crippen molar-refractivity contribution in [3.05, 3.63) is 70.9 Å². The molecule has 0 saturated carbocycles. The van der Waals surface area contributed by atoms with Gasteiger partial charge < -0.3 is 10.1 Å². The van der Waals surface area contributed by atoms with Gasteiger partial charge in [-0.25, -0.2) is 14.8 Å². The molecule has 2 aromatic carbocycles. The molecule has 5 nitrogen and oxygen atoms in total. The van der Waals surface area contributed by atoms with Crippen LogP contribution in [0.5, 0.6) is 0 Å². The van der Waals surface area contributed by atoms with Crippen molar-refractivity contribution in [3.8, 4) is 11.1 Å². The van der Waals surface area contributed by atoms with E-state index in [0.29, 0.717) is 11.4 Å². The number of nitrogens with zero attached hydrogens (tertiary/aromatic N) is 2. The van der Waals surface area contributed by atoms with Crippen molar-refractivity contribution in [2.45, 2.75) is 33.8 Å². The smallest absolute Gasteiger partial charge is 0.338 e. The molecular formula is C24H23N3O2S. The van der Waals surface area contributed by atoms with Crippen LogP contribution in [0.25, 0.3) is 21.3 Å². The van der Waals surface area contributed by atoms with Gasteiger partial charge >= 0.3 is 5.97 Å². The highest BCUT2D eigenvalue weighted by molar-refractivity contribution is 7.17. The number of carbonyl (C=O) groups excluding carboxylic acids is 1. The van der Waals surface area contributed by atoms with Gasteiger partial charge in [0.15, 0.2) is 0 Å². The number of aromatic nitrogens is 2. The molecule has 4 rings (SSSR count). The lowest BCUT2D eigenvalue weighted by Gasteiger charge is -2.11. The van der Waals surface area contributed by atoms with Crippen LogP contribution in [0, 0.1) is 13.8 Å². The van der Waals surface area contributed by atoms with Crippen LogP contribution in [0.15, 0.2) is 54.2 Å². The lowest BCUT2D eigenvalue weighted by molar-refractivity contribution is 0.0378. The number of hydrogen-bond acceptors (Lipinski definition) is 6. The lowest BCUT2D eigenvalue weighted by atomic mass is 10.0. The number of carbonyl (C=O) groups is 1. The van der Waals surface area contributed by atoms with Crippen molar-refractivity contribution in [1.29, 1.82) is 0 Å². The Morgan fingerprint density at radius 2 is 1.90 bits per heavy atom. The van der Waals surface area contributed by atoms with E-state index in [0.717, 1.165) is 27.0 Å². The molecule has 0 aliphatic heterocycles. The SMILES string of the molecule is Cc1ccc(-c2csc3ncnc(Nc4cccc(C(=O)OC(C)C)c4)c23)cc1C. The number of anilines is 2. The van der Waals surface area contributed by atoms with E-state index in [1.54, 1.807) is 29.8 Å². The van der Waals surface area contributed by atoms with Gasteiger partial charge in [-0.2, -0.15) is 0 Å². The summed E-state index contributed by atoms with van der Waals surface area (Å²) in [6.07, 6.45) is 1.39. The molecule has 0 atom stereocenters. The van der Waals surface area contributed by atoms with Crippen LogP contribution < -0.4 is 5.32 Å². The van der Waals surface area contributed by atoms with Crippen molar-refractivity contribution < 1.29 is 9.53 Å². The predicted molar refractivity (Wildman–Crippen MR) is 123 cm³/mol. The third-order valence-electron chi connectivity index (χ3n) is 4.89. The molecule has 1 N–H and O–H groups in total. The molecular weight excluding hydrogens is 394 g/mol. The molecule has 0 saturated heterocycles. The summed E-state index contributed by atoms with van der Waals surface area (Å²) in [6, 6.07) is 13.7. The first-order valence-electron chi connectivity index (χ1n) is 9.80. The van der Waals surface area contributed by atoms with Gasteiger partial charge in [-0.1, -0.05) is 24.3 Å². The highest BCUT2D eigenvalue weighted by Gasteiger charge is 2.15. The summed E-state index contributed by atoms with van der Waals surface area (Å²) >= 11 is 1.59. The van der Waals surface area contributed by atoms with E-state index in [1.165, 1.54) is 11.1 Å². The van der Waals surface area contributed by atoms with Crippen LogP contribution in [-0.2, 0) is 4.74 Å². The fraction of sp³-hybridized carbons (Fsp3) is 0.208. The maximum absolute atomic E-state index is 12.3. The number of aryl methyl sites for hydroxylation is 2. The predicted octanol–water partition coefficient (Wildman–Crippen LogP) is 6.28. The largest absolute Gasteiger partial charge is 0.459 e. The second kappa shape index (κ2) is 8.24. The highest BCUT2D eigenvalue weighted by Crippen LogP contribution is 2.38. The fourth-order valence-electron chi connectivity index (χ4n) is 3.23. The molecule has 0 aliphatic rings. The molecule has 0 spiro atoms.